The molecule has 1 aromatic rings. The van der Waals surface area contributed by atoms with E-state index in [1.54, 1.807) is 26.4 Å². The van der Waals surface area contributed by atoms with Crippen LogP contribution in [-0.2, 0) is 4.79 Å². The lowest BCUT2D eigenvalue weighted by atomic mass is 10.1. The van der Waals surface area contributed by atoms with Crippen LogP contribution >= 0.6 is 0 Å². The van der Waals surface area contributed by atoms with Crippen LogP contribution < -0.4 is 5.73 Å². The average Bonchev–Trinajstić information content (AvgIpc) is 2.58. The molecule has 1 heterocycles. The van der Waals surface area contributed by atoms with E-state index in [1.165, 1.54) is 4.90 Å². The number of rotatable bonds is 3. The van der Waals surface area contributed by atoms with Gasteiger partial charge in [-0.15, -0.1) is 0 Å². The fourth-order valence-electron chi connectivity index (χ4n) is 1.13. The number of hydrogen-bond acceptors (Lipinski definition) is 3. The summed E-state index contributed by atoms with van der Waals surface area (Å²) in [5, 5.41) is 6.53. The van der Waals surface area contributed by atoms with E-state index < -0.39 is 0 Å². The van der Waals surface area contributed by atoms with Gasteiger partial charge in [0.2, 0.25) is 5.91 Å². The second kappa shape index (κ2) is 4.04. The van der Waals surface area contributed by atoms with E-state index in [4.69, 9.17) is 5.73 Å². The first-order valence-electron chi connectivity index (χ1n) is 4.07. The van der Waals surface area contributed by atoms with Crippen molar-refractivity contribution >= 4 is 5.91 Å². The van der Waals surface area contributed by atoms with Crippen molar-refractivity contribution in [3.8, 4) is 0 Å². The van der Waals surface area contributed by atoms with Gasteiger partial charge in [0.25, 0.3) is 0 Å². The molecule has 1 amide bonds. The second-order valence-corrected chi connectivity index (χ2v) is 3.03. The summed E-state index contributed by atoms with van der Waals surface area (Å²) in [6, 6.07) is 1.76. The zero-order valence-electron chi connectivity index (χ0n) is 7.82. The van der Waals surface area contributed by atoms with Gasteiger partial charge in [-0.25, -0.2) is 0 Å². The van der Waals surface area contributed by atoms with Crippen molar-refractivity contribution in [3.05, 3.63) is 18.0 Å². The smallest absolute Gasteiger partial charge is 0.232 e. The minimum absolute atomic E-state index is 0.00764. The van der Waals surface area contributed by atoms with E-state index in [9.17, 15) is 4.79 Å². The summed E-state index contributed by atoms with van der Waals surface area (Å²) in [4.78, 5) is 13.1. The Kier molecular flexibility index (Phi) is 3.02. The summed E-state index contributed by atoms with van der Waals surface area (Å²) in [6.45, 7) is 0.291. The van der Waals surface area contributed by atoms with Crippen LogP contribution in [0, 0.1) is 0 Å². The molecule has 0 radical (unpaired) electrons. The van der Waals surface area contributed by atoms with E-state index >= 15 is 0 Å². The van der Waals surface area contributed by atoms with Crippen LogP contribution in [0.15, 0.2) is 12.3 Å². The normalized spacial score (nSPS) is 12.5. The van der Waals surface area contributed by atoms with Crippen LogP contribution in [0.4, 0.5) is 0 Å². The molecule has 72 valence electrons. The topological polar surface area (TPSA) is 75.0 Å². The Labute approximate surface area is 76.9 Å². The molecule has 5 nitrogen and oxygen atoms in total. The van der Waals surface area contributed by atoms with Gasteiger partial charge in [0.05, 0.1) is 5.92 Å². The molecule has 1 atom stereocenters. The molecule has 0 saturated heterocycles. The zero-order valence-corrected chi connectivity index (χ0v) is 7.82. The van der Waals surface area contributed by atoms with Gasteiger partial charge in [0, 0.05) is 32.5 Å². The molecule has 0 fully saturated rings. The number of carbonyl (C=O) groups excluding carboxylic acids is 1. The van der Waals surface area contributed by atoms with Crippen molar-refractivity contribution in [2.75, 3.05) is 20.6 Å². The van der Waals surface area contributed by atoms with Crippen LogP contribution in [0.25, 0.3) is 0 Å². The van der Waals surface area contributed by atoms with E-state index in [1.807, 2.05) is 0 Å². The molecular formula is C8H14N4O. The van der Waals surface area contributed by atoms with Gasteiger partial charge in [-0.3, -0.25) is 9.89 Å². The maximum absolute atomic E-state index is 11.6. The highest BCUT2D eigenvalue weighted by atomic mass is 16.2. The molecule has 3 N–H and O–H groups in total. The molecule has 0 bridgehead atoms. The molecule has 5 heteroatoms. The fraction of sp³-hybridized carbons (Fsp3) is 0.500. The first-order chi connectivity index (χ1) is 6.16. The summed E-state index contributed by atoms with van der Waals surface area (Å²) in [5.74, 6) is -0.316. The molecule has 0 aliphatic carbocycles. The van der Waals surface area contributed by atoms with Crippen molar-refractivity contribution in [3.63, 3.8) is 0 Å². The van der Waals surface area contributed by atoms with E-state index in [-0.39, 0.29) is 11.8 Å². The summed E-state index contributed by atoms with van der Waals surface area (Å²) in [5.41, 5.74) is 6.27. The van der Waals surface area contributed by atoms with Crippen molar-refractivity contribution in [2.24, 2.45) is 5.73 Å². The molecule has 0 saturated carbocycles. The summed E-state index contributed by atoms with van der Waals surface area (Å²) in [7, 11) is 3.42. The van der Waals surface area contributed by atoms with E-state index in [2.05, 4.69) is 10.2 Å². The summed E-state index contributed by atoms with van der Waals surface area (Å²) in [6.07, 6.45) is 1.61. The van der Waals surface area contributed by atoms with Crippen molar-refractivity contribution in [2.45, 2.75) is 5.92 Å². The standard InChI is InChI=1S/C8H14N4O/c1-12(2)8(13)6(5-9)7-3-4-10-11-7/h3-4,6H,5,9H2,1-2H3,(H,10,11). The Morgan fingerprint density at radius 2 is 2.46 bits per heavy atom. The van der Waals surface area contributed by atoms with Crippen LogP contribution in [0.5, 0.6) is 0 Å². The largest absolute Gasteiger partial charge is 0.348 e. The second-order valence-electron chi connectivity index (χ2n) is 3.03. The maximum atomic E-state index is 11.6. The highest BCUT2D eigenvalue weighted by Crippen LogP contribution is 2.12. The number of carbonyl (C=O) groups is 1. The van der Waals surface area contributed by atoms with Gasteiger partial charge in [-0.05, 0) is 6.07 Å². The molecule has 1 rings (SSSR count). The van der Waals surface area contributed by atoms with Crippen LogP contribution in [-0.4, -0.2) is 41.6 Å². The lowest BCUT2D eigenvalue weighted by Gasteiger charge is -2.17. The number of nitrogens with two attached hydrogens (primary N) is 1. The Hall–Kier alpha value is -1.36. The van der Waals surface area contributed by atoms with Crippen LogP contribution in [0.3, 0.4) is 0 Å². The van der Waals surface area contributed by atoms with Gasteiger partial charge < -0.3 is 10.6 Å². The number of nitrogens with zero attached hydrogens (tertiary/aromatic N) is 2. The minimum Gasteiger partial charge on any atom is -0.348 e. The van der Waals surface area contributed by atoms with Gasteiger partial charge in [-0.1, -0.05) is 0 Å². The van der Waals surface area contributed by atoms with Crippen LogP contribution in [0.2, 0.25) is 0 Å². The number of aromatic amines is 1. The highest BCUT2D eigenvalue weighted by Gasteiger charge is 2.21. The molecule has 1 unspecified atom stereocenters. The molecule has 0 aliphatic rings. The van der Waals surface area contributed by atoms with Crippen molar-refractivity contribution < 1.29 is 4.79 Å². The van der Waals surface area contributed by atoms with E-state index in [0.717, 1.165) is 5.69 Å². The lowest BCUT2D eigenvalue weighted by molar-refractivity contribution is -0.130. The Bertz CT molecular complexity index is 268. The third-order valence-electron chi connectivity index (χ3n) is 1.87. The lowest BCUT2D eigenvalue weighted by Crippen LogP contribution is -2.32. The third kappa shape index (κ3) is 2.06. The van der Waals surface area contributed by atoms with E-state index in [0.29, 0.717) is 6.54 Å². The number of nitrogens with one attached hydrogen (secondary N) is 1. The average molecular weight is 182 g/mol. The van der Waals surface area contributed by atoms with Crippen molar-refractivity contribution in [1.29, 1.82) is 0 Å². The number of aromatic nitrogens is 2. The minimum atomic E-state index is -0.308. The predicted octanol–water partition coefficient (Wildman–Crippen LogP) is -0.460. The first-order valence-corrected chi connectivity index (χ1v) is 4.07. The molecule has 0 spiro atoms. The Morgan fingerprint density at radius 1 is 1.77 bits per heavy atom. The summed E-state index contributed by atoms with van der Waals surface area (Å²) < 4.78 is 0. The summed E-state index contributed by atoms with van der Waals surface area (Å²) >= 11 is 0. The molecular weight excluding hydrogens is 168 g/mol. The molecule has 13 heavy (non-hydrogen) atoms. The Morgan fingerprint density at radius 3 is 2.85 bits per heavy atom. The monoisotopic (exact) mass is 182 g/mol. The predicted molar refractivity (Wildman–Crippen MR) is 49.1 cm³/mol. The first kappa shape index (κ1) is 9.73. The van der Waals surface area contributed by atoms with Gasteiger partial charge in [-0.2, -0.15) is 5.10 Å². The quantitative estimate of drug-likeness (QED) is 0.664. The fourth-order valence-corrected chi connectivity index (χ4v) is 1.13. The number of amides is 1. The maximum Gasteiger partial charge on any atom is 0.232 e. The number of H-pyrrole nitrogens is 1. The van der Waals surface area contributed by atoms with Gasteiger partial charge in [0.1, 0.15) is 0 Å². The third-order valence-corrected chi connectivity index (χ3v) is 1.87. The number of likely N-dealkylation sites (N-methyl/N-ethyl adjacent to an activating group) is 1. The molecule has 0 aromatic carbocycles. The molecule has 1 aromatic heterocycles. The highest BCUT2D eigenvalue weighted by molar-refractivity contribution is 5.83. The Balaban J connectivity index is 2.80. The van der Waals surface area contributed by atoms with Gasteiger partial charge in [0.15, 0.2) is 0 Å². The van der Waals surface area contributed by atoms with Crippen molar-refractivity contribution in [1.82, 2.24) is 15.1 Å². The van der Waals surface area contributed by atoms with Gasteiger partial charge >= 0.3 is 0 Å². The zero-order chi connectivity index (χ0) is 9.84. The molecule has 0 aliphatic heterocycles. The number of hydrogen-bond donors (Lipinski definition) is 2. The van der Waals surface area contributed by atoms with Crippen LogP contribution in [0.1, 0.15) is 11.6 Å². The SMILES string of the molecule is CN(C)C(=O)C(CN)c1ccn[nH]1.